The third-order valence-corrected chi connectivity index (χ3v) is 5.16. The van der Waals surface area contributed by atoms with E-state index >= 15 is 0 Å². The monoisotopic (exact) mass is 343 g/mol. The van der Waals surface area contributed by atoms with Gasteiger partial charge in [-0.1, -0.05) is 30.3 Å². The first-order valence-electron chi connectivity index (χ1n) is 8.57. The van der Waals surface area contributed by atoms with Crippen molar-refractivity contribution in [1.29, 1.82) is 0 Å². The fraction of sp³-hybridized carbons (Fsp3) is 0.136. The maximum Gasteiger partial charge on any atom is 0.340 e. The number of anilines is 1. The van der Waals surface area contributed by atoms with Crippen molar-refractivity contribution >= 4 is 11.7 Å². The first-order chi connectivity index (χ1) is 12.6. The van der Waals surface area contributed by atoms with E-state index < -0.39 is 5.60 Å². The number of carbonyl (C=O) groups excluding carboxylic acids is 1. The molecule has 0 radical (unpaired) electrons. The van der Waals surface area contributed by atoms with Gasteiger partial charge in [0.05, 0.1) is 5.56 Å². The van der Waals surface area contributed by atoms with Gasteiger partial charge in [-0.3, -0.25) is 0 Å². The van der Waals surface area contributed by atoms with E-state index in [4.69, 9.17) is 9.47 Å². The van der Waals surface area contributed by atoms with Crippen LogP contribution in [-0.4, -0.2) is 13.0 Å². The molecular formula is C22H17NO3. The maximum atomic E-state index is 12.7. The van der Waals surface area contributed by atoms with Gasteiger partial charge in [0.15, 0.2) is 5.60 Å². The fourth-order valence-corrected chi connectivity index (χ4v) is 3.94. The topological polar surface area (TPSA) is 47.6 Å². The first-order valence-corrected chi connectivity index (χ1v) is 8.57. The summed E-state index contributed by atoms with van der Waals surface area (Å²) in [6, 6.07) is 19.5. The molecule has 0 aliphatic carbocycles. The lowest BCUT2D eigenvalue weighted by atomic mass is 9.77. The van der Waals surface area contributed by atoms with Crippen molar-refractivity contribution in [3.05, 3.63) is 88.5 Å². The molecule has 26 heavy (non-hydrogen) atoms. The Bertz CT molecular complexity index is 1070. The van der Waals surface area contributed by atoms with Crippen molar-refractivity contribution in [2.24, 2.45) is 0 Å². The van der Waals surface area contributed by atoms with Crippen LogP contribution in [0, 0.1) is 6.92 Å². The van der Waals surface area contributed by atoms with Gasteiger partial charge in [-0.2, -0.15) is 0 Å². The molecule has 2 aliphatic rings. The van der Waals surface area contributed by atoms with Crippen LogP contribution in [0.3, 0.4) is 0 Å². The highest BCUT2D eigenvalue weighted by atomic mass is 16.6. The SMILES string of the molecule is CNc1ccc2c(c1)Oc1cc(C)ccc1C21OC(=O)c2ccccc21. The summed E-state index contributed by atoms with van der Waals surface area (Å²) in [6.45, 7) is 2.02. The second-order valence-corrected chi connectivity index (χ2v) is 6.68. The predicted octanol–water partition coefficient (Wildman–Crippen LogP) is 4.60. The highest BCUT2D eigenvalue weighted by molar-refractivity contribution is 5.97. The van der Waals surface area contributed by atoms with Crippen molar-refractivity contribution in [2.75, 3.05) is 12.4 Å². The van der Waals surface area contributed by atoms with E-state index in [-0.39, 0.29) is 5.97 Å². The molecule has 1 unspecified atom stereocenters. The van der Waals surface area contributed by atoms with Gasteiger partial charge in [0.25, 0.3) is 0 Å². The lowest BCUT2D eigenvalue weighted by Crippen LogP contribution is -2.33. The van der Waals surface area contributed by atoms with Crippen LogP contribution < -0.4 is 10.1 Å². The second-order valence-electron chi connectivity index (χ2n) is 6.68. The van der Waals surface area contributed by atoms with Crippen LogP contribution in [0.25, 0.3) is 0 Å². The number of fused-ring (bicyclic) bond motifs is 6. The molecule has 4 nitrogen and oxygen atoms in total. The van der Waals surface area contributed by atoms with Crippen LogP contribution in [-0.2, 0) is 10.3 Å². The maximum absolute atomic E-state index is 12.7. The third-order valence-electron chi connectivity index (χ3n) is 5.16. The molecule has 3 aromatic carbocycles. The van der Waals surface area contributed by atoms with Gasteiger partial charge in [0.2, 0.25) is 0 Å². The van der Waals surface area contributed by atoms with Gasteiger partial charge < -0.3 is 14.8 Å². The van der Waals surface area contributed by atoms with Gasteiger partial charge in [-0.15, -0.1) is 0 Å². The minimum absolute atomic E-state index is 0.308. The highest BCUT2D eigenvalue weighted by Gasteiger charge is 2.53. The molecule has 3 aromatic rings. The molecular weight excluding hydrogens is 326 g/mol. The molecule has 1 atom stereocenters. The van der Waals surface area contributed by atoms with E-state index in [2.05, 4.69) is 5.32 Å². The lowest BCUT2D eigenvalue weighted by molar-refractivity contribution is 0.0224. The van der Waals surface area contributed by atoms with E-state index in [1.165, 1.54) is 0 Å². The molecule has 0 amide bonds. The van der Waals surface area contributed by atoms with Gasteiger partial charge in [0, 0.05) is 35.5 Å². The fourth-order valence-electron chi connectivity index (χ4n) is 3.94. The van der Waals surface area contributed by atoms with E-state index in [0.717, 1.165) is 33.7 Å². The van der Waals surface area contributed by atoms with Crippen LogP contribution in [0.15, 0.2) is 60.7 Å². The van der Waals surface area contributed by atoms with Crippen LogP contribution in [0.2, 0.25) is 0 Å². The molecule has 0 saturated carbocycles. The predicted molar refractivity (Wildman–Crippen MR) is 99.0 cm³/mol. The first kappa shape index (κ1) is 15.0. The molecule has 2 aliphatic heterocycles. The van der Waals surface area contributed by atoms with Crippen LogP contribution in [0.5, 0.6) is 11.5 Å². The Balaban J connectivity index is 1.88. The van der Waals surface area contributed by atoms with Crippen LogP contribution in [0.4, 0.5) is 5.69 Å². The number of carbonyl (C=O) groups is 1. The Morgan fingerprint density at radius 1 is 0.885 bits per heavy atom. The zero-order chi connectivity index (χ0) is 17.9. The largest absolute Gasteiger partial charge is 0.456 e. The Labute approximate surface area is 151 Å². The summed E-state index contributed by atoms with van der Waals surface area (Å²) in [5, 5.41) is 3.13. The Hall–Kier alpha value is -3.27. The number of aryl methyl sites for hydroxylation is 1. The smallest absolute Gasteiger partial charge is 0.340 e. The van der Waals surface area contributed by atoms with Gasteiger partial charge >= 0.3 is 5.97 Å². The number of hydrogen-bond donors (Lipinski definition) is 1. The molecule has 2 heterocycles. The number of esters is 1. The number of benzene rings is 3. The molecule has 1 spiro atoms. The Morgan fingerprint density at radius 2 is 1.62 bits per heavy atom. The average molecular weight is 343 g/mol. The summed E-state index contributed by atoms with van der Waals surface area (Å²) in [7, 11) is 1.86. The standard InChI is InChI=1S/C22H17NO3/c1-13-7-9-17-19(11-13)25-20-12-14(23-2)8-10-18(20)22(17)16-6-4-3-5-15(16)21(24)26-22/h3-12,23H,1-2H3. The molecule has 0 aromatic heterocycles. The van der Waals surface area contributed by atoms with E-state index in [1.54, 1.807) is 0 Å². The second kappa shape index (κ2) is 5.11. The van der Waals surface area contributed by atoms with Gasteiger partial charge in [-0.25, -0.2) is 4.79 Å². The van der Waals surface area contributed by atoms with Crippen molar-refractivity contribution in [1.82, 2.24) is 0 Å². The number of hydrogen-bond acceptors (Lipinski definition) is 4. The molecule has 1 N–H and O–H groups in total. The minimum atomic E-state index is -0.976. The van der Waals surface area contributed by atoms with E-state index in [0.29, 0.717) is 11.3 Å². The third kappa shape index (κ3) is 1.81. The summed E-state index contributed by atoms with van der Waals surface area (Å²) in [5.74, 6) is 1.10. The van der Waals surface area contributed by atoms with Gasteiger partial charge in [-0.05, 0) is 36.8 Å². The molecule has 4 heteroatoms. The van der Waals surface area contributed by atoms with Crippen molar-refractivity contribution in [3.63, 3.8) is 0 Å². The van der Waals surface area contributed by atoms with E-state index in [1.807, 2.05) is 74.6 Å². The van der Waals surface area contributed by atoms with E-state index in [9.17, 15) is 4.79 Å². The summed E-state index contributed by atoms with van der Waals surface area (Å²) < 4.78 is 12.3. The normalized spacial score (nSPS) is 19.2. The number of ether oxygens (including phenoxy) is 2. The summed E-state index contributed by atoms with van der Waals surface area (Å²) in [4.78, 5) is 12.7. The zero-order valence-corrected chi connectivity index (χ0v) is 14.5. The quantitative estimate of drug-likeness (QED) is 0.656. The van der Waals surface area contributed by atoms with Crippen molar-refractivity contribution in [2.45, 2.75) is 12.5 Å². The van der Waals surface area contributed by atoms with Gasteiger partial charge in [0.1, 0.15) is 11.5 Å². The van der Waals surface area contributed by atoms with Crippen molar-refractivity contribution < 1.29 is 14.3 Å². The minimum Gasteiger partial charge on any atom is -0.456 e. The Kier molecular flexibility index (Phi) is 2.95. The summed E-state index contributed by atoms with van der Waals surface area (Å²) >= 11 is 0. The lowest BCUT2D eigenvalue weighted by Gasteiger charge is -2.36. The number of rotatable bonds is 1. The zero-order valence-electron chi connectivity index (χ0n) is 14.5. The molecule has 0 saturated heterocycles. The average Bonchev–Trinajstić information content (AvgIpc) is 2.95. The Morgan fingerprint density at radius 3 is 2.42 bits per heavy atom. The molecule has 128 valence electrons. The summed E-state index contributed by atoms with van der Waals surface area (Å²) in [6.07, 6.45) is 0. The van der Waals surface area contributed by atoms with Crippen molar-refractivity contribution in [3.8, 4) is 11.5 Å². The molecule has 5 rings (SSSR count). The highest BCUT2D eigenvalue weighted by Crippen LogP contribution is 2.56. The summed E-state index contributed by atoms with van der Waals surface area (Å²) in [5.41, 5.74) is 4.20. The number of nitrogens with one attached hydrogen (secondary N) is 1. The molecule has 0 fully saturated rings. The van der Waals surface area contributed by atoms with Crippen LogP contribution >= 0.6 is 0 Å². The molecule has 0 bridgehead atoms. The van der Waals surface area contributed by atoms with Crippen LogP contribution in [0.1, 0.15) is 32.6 Å².